The normalized spacial score (nSPS) is 11.0. The summed E-state index contributed by atoms with van der Waals surface area (Å²) in [5.74, 6) is -0.800. The highest BCUT2D eigenvalue weighted by molar-refractivity contribution is 6.05. The van der Waals surface area contributed by atoms with Gasteiger partial charge < -0.3 is 25.2 Å². The number of halogens is 1. The Bertz CT molecular complexity index is 1190. The van der Waals surface area contributed by atoms with Crippen LogP contribution in [0.25, 0.3) is 0 Å². The van der Waals surface area contributed by atoms with Crippen LogP contribution in [0.4, 0.5) is 15.8 Å². The standard InChI is InChI=1S/C26H27FN2O5/c1-26(2,3)17-6-11-21(30)20(14-17)29-25(32)16-5-12-22(23(13-16)33-4)34-15-24(31)28-19-9-7-18(27)8-10-19/h5-14,30H,15H2,1-4H3,(H,28,31)(H,29,32). The topological polar surface area (TPSA) is 96.9 Å². The number of methoxy groups -OCH3 is 1. The van der Waals surface area contributed by atoms with Crippen molar-refractivity contribution >= 4 is 23.2 Å². The average Bonchev–Trinajstić information content (AvgIpc) is 2.79. The van der Waals surface area contributed by atoms with Crippen molar-refractivity contribution in [1.82, 2.24) is 0 Å². The number of aromatic hydroxyl groups is 1. The third kappa shape index (κ3) is 6.25. The fraction of sp³-hybridized carbons (Fsp3) is 0.231. The first kappa shape index (κ1) is 24.6. The molecular formula is C26H27FN2O5. The van der Waals surface area contributed by atoms with Gasteiger partial charge in [0.05, 0.1) is 12.8 Å². The van der Waals surface area contributed by atoms with E-state index in [4.69, 9.17) is 9.47 Å². The van der Waals surface area contributed by atoms with E-state index in [1.54, 1.807) is 12.1 Å². The van der Waals surface area contributed by atoms with Gasteiger partial charge in [-0.1, -0.05) is 26.8 Å². The van der Waals surface area contributed by atoms with Crippen molar-refractivity contribution in [3.05, 3.63) is 77.6 Å². The van der Waals surface area contributed by atoms with E-state index in [2.05, 4.69) is 10.6 Å². The van der Waals surface area contributed by atoms with Gasteiger partial charge in [-0.25, -0.2) is 4.39 Å². The molecule has 0 atom stereocenters. The van der Waals surface area contributed by atoms with E-state index in [1.807, 2.05) is 26.8 Å². The predicted octanol–water partition coefficient (Wildman–Crippen LogP) is 5.11. The summed E-state index contributed by atoms with van der Waals surface area (Å²) in [6, 6.07) is 15.0. The maximum Gasteiger partial charge on any atom is 0.262 e. The smallest absolute Gasteiger partial charge is 0.262 e. The quantitative estimate of drug-likeness (QED) is 0.421. The molecule has 3 aromatic carbocycles. The summed E-state index contributed by atoms with van der Waals surface area (Å²) in [4.78, 5) is 24.9. The highest BCUT2D eigenvalue weighted by atomic mass is 19.1. The van der Waals surface area contributed by atoms with Crippen LogP contribution in [0.3, 0.4) is 0 Å². The molecule has 178 valence electrons. The summed E-state index contributed by atoms with van der Waals surface area (Å²) in [5.41, 5.74) is 1.82. The number of nitrogens with one attached hydrogen (secondary N) is 2. The molecule has 0 aliphatic heterocycles. The maximum absolute atomic E-state index is 13.0. The maximum atomic E-state index is 13.0. The number of phenolic OH excluding ortho intramolecular Hbond substituents is 1. The number of benzene rings is 3. The lowest BCUT2D eigenvalue weighted by Crippen LogP contribution is -2.20. The van der Waals surface area contributed by atoms with E-state index in [0.717, 1.165) is 5.56 Å². The Morgan fingerprint density at radius 2 is 1.65 bits per heavy atom. The first-order chi connectivity index (χ1) is 16.1. The van der Waals surface area contributed by atoms with Gasteiger partial charge in [0.1, 0.15) is 11.6 Å². The van der Waals surface area contributed by atoms with Crippen molar-refractivity contribution in [3.8, 4) is 17.2 Å². The zero-order chi connectivity index (χ0) is 24.9. The van der Waals surface area contributed by atoms with Crippen LogP contribution in [0, 0.1) is 5.82 Å². The highest BCUT2D eigenvalue weighted by Gasteiger charge is 2.18. The van der Waals surface area contributed by atoms with Crippen molar-refractivity contribution in [2.24, 2.45) is 0 Å². The third-order valence-electron chi connectivity index (χ3n) is 5.02. The predicted molar refractivity (Wildman–Crippen MR) is 128 cm³/mol. The van der Waals surface area contributed by atoms with Gasteiger partial charge in [0.2, 0.25) is 0 Å². The van der Waals surface area contributed by atoms with Crippen LogP contribution < -0.4 is 20.1 Å². The lowest BCUT2D eigenvalue weighted by Gasteiger charge is -2.20. The monoisotopic (exact) mass is 466 g/mol. The molecule has 0 aromatic heterocycles. The molecule has 0 unspecified atom stereocenters. The Morgan fingerprint density at radius 3 is 2.29 bits per heavy atom. The molecule has 0 saturated carbocycles. The molecule has 3 aromatic rings. The number of hydrogen-bond acceptors (Lipinski definition) is 5. The summed E-state index contributed by atoms with van der Waals surface area (Å²) in [6.07, 6.45) is 0. The molecular weight excluding hydrogens is 439 g/mol. The number of carbonyl (C=O) groups is 2. The van der Waals surface area contributed by atoms with Crippen molar-refractivity contribution in [1.29, 1.82) is 0 Å². The van der Waals surface area contributed by atoms with Gasteiger partial charge in [0, 0.05) is 11.3 Å². The molecule has 0 bridgehead atoms. The molecule has 3 N–H and O–H groups in total. The molecule has 0 radical (unpaired) electrons. The van der Waals surface area contributed by atoms with Gasteiger partial charge in [-0.3, -0.25) is 9.59 Å². The number of anilines is 2. The van der Waals surface area contributed by atoms with Gasteiger partial charge in [-0.15, -0.1) is 0 Å². The van der Waals surface area contributed by atoms with Gasteiger partial charge >= 0.3 is 0 Å². The molecule has 0 heterocycles. The Hall–Kier alpha value is -4.07. The molecule has 0 aliphatic rings. The first-order valence-electron chi connectivity index (χ1n) is 10.6. The molecule has 8 heteroatoms. The molecule has 2 amide bonds. The van der Waals surface area contributed by atoms with Crippen molar-refractivity contribution in [2.75, 3.05) is 24.4 Å². The zero-order valence-corrected chi connectivity index (χ0v) is 19.4. The van der Waals surface area contributed by atoms with Gasteiger partial charge in [0.25, 0.3) is 11.8 Å². The summed E-state index contributed by atoms with van der Waals surface area (Å²) in [5, 5.41) is 15.5. The van der Waals surface area contributed by atoms with E-state index in [1.165, 1.54) is 49.6 Å². The van der Waals surface area contributed by atoms with Crippen LogP contribution in [0.5, 0.6) is 17.2 Å². The molecule has 34 heavy (non-hydrogen) atoms. The minimum absolute atomic E-state index is 0.0413. The Labute approximate surface area is 197 Å². The summed E-state index contributed by atoms with van der Waals surface area (Å²) in [7, 11) is 1.42. The Morgan fingerprint density at radius 1 is 0.941 bits per heavy atom. The zero-order valence-electron chi connectivity index (χ0n) is 19.4. The van der Waals surface area contributed by atoms with Crippen molar-refractivity contribution in [2.45, 2.75) is 26.2 Å². The van der Waals surface area contributed by atoms with E-state index in [-0.39, 0.29) is 34.8 Å². The fourth-order valence-corrected chi connectivity index (χ4v) is 3.10. The van der Waals surface area contributed by atoms with E-state index < -0.39 is 17.6 Å². The van der Waals surface area contributed by atoms with Crippen molar-refractivity contribution in [3.63, 3.8) is 0 Å². The number of rotatable bonds is 7. The molecule has 0 spiro atoms. The summed E-state index contributed by atoms with van der Waals surface area (Å²) in [6.45, 7) is 5.80. The molecule has 3 rings (SSSR count). The van der Waals surface area contributed by atoms with Gasteiger partial charge in [-0.2, -0.15) is 0 Å². The number of ether oxygens (including phenoxy) is 2. The average molecular weight is 467 g/mol. The summed E-state index contributed by atoms with van der Waals surface area (Å²) >= 11 is 0. The van der Waals surface area contributed by atoms with Gasteiger partial charge in [-0.05, 0) is 65.6 Å². The highest BCUT2D eigenvalue weighted by Crippen LogP contribution is 2.32. The van der Waals surface area contributed by atoms with Crippen LogP contribution in [-0.2, 0) is 10.2 Å². The third-order valence-corrected chi connectivity index (χ3v) is 5.02. The van der Waals surface area contributed by atoms with Crippen LogP contribution >= 0.6 is 0 Å². The minimum Gasteiger partial charge on any atom is -0.506 e. The van der Waals surface area contributed by atoms with Gasteiger partial charge in [0.15, 0.2) is 18.1 Å². The SMILES string of the molecule is COc1cc(C(=O)Nc2cc(C(C)(C)C)ccc2O)ccc1OCC(=O)Nc1ccc(F)cc1. The lowest BCUT2D eigenvalue weighted by molar-refractivity contribution is -0.118. The second-order valence-corrected chi connectivity index (χ2v) is 8.65. The van der Waals surface area contributed by atoms with E-state index in [9.17, 15) is 19.1 Å². The number of amides is 2. The van der Waals surface area contributed by atoms with E-state index in [0.29, 0.717) is 11.4 Å². The van der Waals surface area contributed by atoms with E-state index >= 15 is 0 Å². The molecule has 0 aliphatic carbocycles. The van der Waals surface area contributed by atoms with Crippen molar-refractivity contribution < 1.29 is 28.6 Å². The Kier molecular flexibility index (Phi) is 7.40. The van der Waals surface area contributed by atoms with Crippen LogP contribution in [-0.4, -0.2) is 30.6 Å². The van der Waals surface area contributed by atoms with Crippen LogP contribution in [0.1, 0.15) is 36.7 Å². The van der Waals surface area contributed by atoms with Crippen LogP contribution in [0.2, 0.25) is 0 Å². The number of hydrogen-bond donors (Lipinski definition) is 3. The molecule has 0 fully saturated rings. The summed E-state index contributed by atoms with van der Waals surface area (Å²) < 4.78 is 23.8. The second-order valence-electron chi connectivity index (χ2n) is 8.65. The second kappa shape index (κ2) is 10.2. The lowest BCUT2D eigenvalue weighted by atomic mass is 9.87. The largest absolute Gasteiger partial charge is 0.506 e. The fourth-order valence-electron chi connectivity index (χ4n) is 3.10. The Balaban J connectivity index is 1.68. The number of carbonyl (C=O) groups excluding carboxylic acids is 2. The minimum atomic E-state index is -0.444. The number of phenols is 1. The molecule has 0 saturated heterocycles. The first-order valence-corrected chi connectivity index (χ1v) is 10.6. The van der Waals surface area contributed by atoms with Crippen LogP contribution in [0.15, 0.2) is 60.7 Å². The molecule has 7 nitrogen and oxygen atoms in total.